The first kappa shape index (κ1) is 13.7. The Labute approximate surface area is 114 Å². The van der Waals surface area contributed by atoms with Gasteiger partial charge in [-0.15, -0.1) is 0 Å². The van der Waals surface area contributed by atoms with Crippen molar-refractivity contribution in [2.75, 3.05) is 13.7 Å². The first-order valence-electron chi connectivity index (χ1n) is 6.59. The Morgan fingerprint density at radius 1 is 1.21 bits per heavy atom. The zero-order valence-electron chi connectivity index (χ0n) is 12.0. The Bertz CT molecular complexity index is 545. The van der Waals surface area contributed by atoms with Crippen molar-refractivity contribution in [2.45, 2.75) is 26.8 Å². The Kier molecular flexibility index (Phi) is 4.27. The fourth-order valence-electron chi connectivity index (χ4n) is 2.33. The molecule has 0 bridgehead atoms. The van der Waals surface area contributed by atoms with Crippen molar-refractivity contribution < 1.29 is 9.15 Å². The summed E-state index contributed by atoms with van der Waals surface area (Å²) >= 11 is 0. The number of methoxy groups -OCH3 is 1. The maximum Gasteiger partial charge on any atom is 0.128 e. The van der Waals surface area contributed by atoms with Crippen LogP contribution < -0.4 is 10.1 Å². The summed E-state index contributed by atoms with van der Waals surface area (Å²) in [5, 5.41) is 3.49. The average molecular weight is 259 g/mol. The van der Waals surface area contributed by atoms with Crippen molar-refractivity contribution in [2.24, 2.45) is 0 Å². The molecule has 3 heteroatoms. The van der Waals surface area contributed by atoms with Crippen LogP contribution in [0, 0.1) is 13.8 Å². The third-order valence-corrected chi connectivity index (χ3v) is 3.36. The third kappa shape index (κ3) is 2.82. The number of furan rings is 1. The molecule has 1 aromatic heterocycles. The van der Waals surface area contributed by atoms with Gasteiger partial charge in [-0.3, -0.25) is 0 Å². The molecular formula is C16H21NO2. The fourth-order valence-corrected chi connectivity index (χ4v) is 2.33. The van der Waals surface area contributed by atoms with Crippen LogP contribution in [0.1, 0.15) is 35.4 Å². The molecule has 0 spiro atoms. The molecule has 1 unspecified atom stereocenters. The molecule has 2 aromatic rings. The predicted molar refractivity (Wildman–Crippen MR) is 76.7 cm³/mol. The SMILES string of the molecule is CCNC(c1ccc(OC)cc1C)c1occc1C. The van der Waals surface area contributed by atoms with Crippen molar-refractivity contribution in [3.05, 3.63) is 53.0 Å². The number of nitrogens with one attached hydrogen (secondary N) is 1. The second kappa shape index (κ2) is 5.93. The molecule has 1 atom stereocenters. The number of ether oxygens (including phenoxy) is 1. The van der Waals surface area contributed by atoms with Crippen LogP contribution in [0.2, 0.25) is 0 Å². The quantitative estimate of drug-likeness (QED) is 0.890. The number of rotatable bonds is 5. The Morgan fingerprint density at radius 3 is 2.53 bits per heavy atom. The van der Waals surface area contributed by atoms with Gasteiger partial charge < -0.3 is 14.5 Å². The minimum Gasteiger partial charge on any atom is -0.497 e. The van der Waals surface area contributed by atoms with Crippen LogP contribution in [0.3, 0.4) is 0 Å². The molecule has 0 saturated carbocycles. The van der Waals surface area contributed by atoms with Crippen molar-refractivity contribution in [1.29, 1.82) is 0 Å². The van der Waals surface area contributed by atoms with Crippen molar-refractivity contribution in [1.82, 2.24) is 5.32 Å². The molecule has 0 aliphatic rings. The van der Waals surface area contributed by atoms with Gasteiger partial charge in [-0.2, -0.15) is 0 Å². The highest BCUT2D eigenvalue weighted by Crippen LogP contribution is 2.29. The van der Waals surface area contributed by atoms with Crippen molar-refractivity contribution >= 4 is 0 Å². The summed E-state index contributed by atoms with van der Waals surface area (Å²) < 4.78 is 10.9. The maximum absolute atomic E-state index is 5.65. The van der Waals surface area contributed by atoms with Crippen LogP contribution in [0.15, 0.2) is 34.9 Å². The van der Waals surface area contributed by atoms with Gasteiger partial charge in [-0.05, 0) is 55.3 Å². The molecule has 0 fully saturated rings. The van der Waals surface area contributed by atoms with Crippen LogP contribution in [-0.4, -0.2) is 13.7 Å². The van der Waals surface area contributed by atoms with E-state index in [2.05, 4.69) is 38.2 Å². The van der Waals surface area contributed by atoms with E-state index in [1.54, 1.807) is 13.4 Å². The van der Waals surface area contributed by atoms with Gasteiger partial charge in [0.25, 0.3) is 0 Å². The van der Waals surface area contributed by atoms with Crippen molar-refractivity contribution in [3.8, 4) is 5.75 Å². The van der Waals surface area contributed by atoms with E-state index in [1.165, 1.54) is 16.7 Å². The second-order valence-electron chi connectivity index (χ2n) is 4.68. The van der Waals surface area contributed by atoms with E-state index in [1.807, 2.05) is 12.1 Å². The summed E-state index contributed by atoms with van der Waals surface area (Å²) in [5.74, 6) is 1.86. The lowest BCUT2D eigenvalue weighted by Crippen LogP contribution is -2.23. The highest BCUT2D eigenvalue weighted by atomic mass is 16.5. The monoisotopic (exact) mass is 259 g/mol. The summed E-state index contributed by atoms with van der Waals surface area (Å²) in [5.41, 5.74) is 3.59. The number of benzene rings is 1. The number of hydrogen-bond acceptors (Lipinski definition) is 3. The van der Waals surface area contributed by atoms with Gasteiger partial charge >= 0.3 is 0 Å². The molecule has 3 nitrogen and oxygen atoms in total. The Balaban J connectivity index is 2.42. The molecule has 19 heavy (non-hydrogen) atoms. The molecule has 1 N–H and O–H groups in total. The molecule has 102 valence electrons. The van der Waals surface area contributed by atoms with Gasteiger partial charge in [-0.1, -0.05) is 13.0 Å². The van der Waals surface area contributed by atoms with E-state index < -0.39 is 0 Å². The van der Waals surface area contributed by atoms with E-state index in [0.29, 0.717) is 0 Å². The molecule has 0 aliphatic carbocycles. The predicted octanol–water partition coefficient (Wildman–Crippen LogP) is 3.60. The van der Waals surface area contributed by atoms with E-state index in [9.17, 15) is 0 Å². The Hall–Kier alpha value is -1.74. The highest BCUT2D eigenvalue weighted by molar-refractivity contribution is 5.40. The normalized spacial score (nSPS) is 12.4. The summed E-state index contributed by atoms with van der Waals surface area (Å²) in [4.78, 5) is 0. The standard InChI is InChI=1S/C16H21NO2/c1-5-17-15(16-11(2)8-9-19-16)14-7-6-13(18-4)10-12(14)3/h6-10,15,17H,5H2,1-4H3. The lowest BCUT2D eigenvalue weighted by Gasteiger charge is -2.19. The highest BCUT2D eigenvalue weighted by Gasteiger charge is 2.20. The van der Waals surface area contributed by atoms with Gasteiger partial charge in [-0.25, -0.2) is 0 Å². The van der Waals surface area contributed by atoms with Crippen LogP contribution >= 0.6 is 0 Å². The molecule has 0 aliphatic heterocycles. The maximum atomic E-state index is 5.65. The van der Waals surface area contributed by atoms with Crippen LogP contribution in [0.5, 0.6) is 5.75 Å². The second-order valence-corrected chi connectivity index (χ2v) is 4.68. The van der Waals surface area contributed by atoms with Gasteiger partial charge in [0.2, 0.25) is 0 Å². The van der Waals surface area contributed by atoms with Crippen LogP contribution in [0.4, 0.5) is 0 Å². The lowest BCUT2D eigenvalue weighted by molar-refractivity contribution is 0.413. The third-order valence-electron chi connectivity index (χ3n) is 3.36. The zero-order valence-corrected chi connectivity index (χ0v) is 12.0. The largest absolute Gasteiger partial charge is 0.497 e. The van der Waals surface area contributed by atoms with Crippen LogP contribution in [0.25, 0.3) is 0 Å². The smallest absolute Gasteiger partial charge is 0.128 e. The number of hydrogen-bond donors (Lipinski definition) is 1. The van der Waals surface area contributed by atoms with E-state index >= 15 is 0 Å². The molecule has 0 amide bonds. The number of aryl methyl sites for hydroxylation is 2. The van der Waals surface area contributed by atoms with Crippen LogP contribution in [-0.2, 0) is 0 Å². The minimum absolute atomic E-state index is 0.0888. The van der Waals surface area contributed by atoms with Crippen molar-refractivity contribution in [3.63, 3.8) is 0 Å². The summed E-state index contributed by atoms with van der Waals surface area (Å²) in [6, 6.07) is 8.23. The lowest BCUT2D eigenvalue weighted by atomic mass is 9.97. The van der Waals surface area contributed by atoms with Gasteiger partial charge in [0, 0.05) is 0 Å². The van der Waals surface area contributed by atoms with E-state index in [0.717, 1.165) is 18.1 Å². The molecule has 1 heterocycles. The summed E-state index contributed by atoms with van der Waals surface area (Å²) in [7, 11) is 1.69. The summed E-state index contributed by atoms with van der Waals surface area (Å²) in [6.45, 7) is 7.16. The summed E-state index contributed by atoms with van der Waals surface area (Å²) in [6.07, 6.45) is 1.74. The molecule has 2 rings (SSSR count). The van der Waals surface area contributed by atoms with E-state index in [4.69, 9.17) is 9.15 Å². The topological polar surface area (TPSA) is 34.4 Å². The molecule has 0 saturated heterocycles. The Morgan fingerprint density at radius 2 is 2.00 bits per heavy atom. The van der Waals surface area contributed by atoms with Gasteiger partial charge in [0.05, 0.1) is 19.4 Å². The first-order valence-corrected chi connectivity index (χ1v) is 6.59. The molecular weight excluding hydrogens is 238 g/mol. The molecule has 0 radical (unpaired) electrons. The van der Waals surface area contributed by atoms with Gasteiger partial charge in [0.15, 0.2) is 0 Å². The zero-order chi connectivity index (χ0) is 13.8. The molecule has 1 aromatic carbocycles. The minimum atomic E-state index is 0.0888. The van der Waals surface area contributed by atoms with Gasteiger partial charge in [0.1, 0.15) is 11.5 Å². The first-order chi connectivity index (χ1) is 9.17. The fraction of sp³-hybridized carbons (Fsp3) is 0.375. The average Bonchev–Trinajstić information content (AvgIpc) is 2.82. The van der Waals surface area contributed by atoms with E-state index in [-0.39, 0.29) is 6.04 Å².